The molecule has 1 N–H and O–H groups in total. The highest BCUT2D eigenvalue weighted by Gasteiger charge is 2.15. The number of methoxy groups -OCH3 is 1. The lowest BCUT2D eigenvalue weighted by molar-refractivity contribution is 0.171. The molecule has 0 aliphatic heterocycles. The second kappa shape index (κ2) is 6.06. The highest BCUT2D eigenvalue weighted by molar-refractivity contribution is 6.31. The lowest BCUT2D eigenvalue weighted by Gasteiger charge is -2.23. The molecule has 0 aromatic heterocycles. The average molecular weight is 246 g/mol. The summed E-state index contributed by atoms with van der Waals surface area (Å²) < 4.78 is 18.7. The van der Waals surface area contributed by atoms with E-state index in [0.717, 1.165) is 0 Å². The molecule has 90 valence electrons. The van der Waals surface area contributed by atoms with Gasteiger partial charge in [-0.15, -0.1) is 0 Å². The van der Waals surface area contributed by atoms with Gasteiger partial charge < -0.3 is 10.1 Å². The zero-order valence-electron chi connectivity index (χ0n) is 9.76. The van der Waals surface area contributed by atoms with Crippen molar-refractivity contribution in [1.29, 1.82) is 0 Å². The van der Waals surface area contributed by atoms with E-state index in [2.05, 4.69) is 19.2 Å². The third-order valence-electron chi connectivity index (χ3n) is 2.44. The van der Waals surface area contributed by atoms with E-state index in [1.54, 1.807) is 19.2 Å². The zero-order valence-corrected chi connectivity index (χ0v) is 10.5. The van der Waals surface area contributed by atoms with Crippen molar-refractivity contribution in [2.24, 2.45) is 5.92 Å². The predicted molar refractivity (Wildman–Crippen MR) is 65.5 cm³/mol. The monoisotopic (exact) mass is 245 g/mol. The first-order valence-electron chi connectivity index (χ1n) is 5.25. The molecule has 1 aromatic carbocycles. The molecule has 0 heterocycles. The minimum absolute atomic E-state index is 0.0676. The van der Waals surface area contributed by atoms with Crippen LogP contribution in [0.15, 0.2) is 18.2 Å². The van der Waals surface area contributed by atoms with Crippen molar-refractivity contribution in [3.63, 3.8) is 0 Å². The van der Waals surface area contributed by atoms with Crippen LogP contribution in [-0.4, -0.2) is 19.8 Å². The molecule has 1 unspecified atom stereocenters. The van der Waals surface area contributed by atoms with Crippen molar-refractivity contribution in [2.75, 3.05) is 19.0 Å². The number of anilines is 1. The van der Waals surface area contributed by atoms with E-state index in [0.29, 0.717) is 18.2 Å². The standard InChI is InChI=1S/C12H17ClFNO/c1-8(2)11(7-16-3)15-10-6-4-5-9(13)12(10)14/h4-6,8,11,15H,7H2,1-3H3. The van der Waals surface area contributed by atoms with E-state index in [1.807, 2.05) is 0 Å². The first-order chi connectivity index (χ1) is 7.56. The summed E-state index contributed by atoms with van der Waals surface area (Å²) >= 11 is 5.71. The summed E-state index contributed by atoms with van der Waals surface area (Å²) in [5.74, 6) is -0.0655. The van der Waals surface area contributed by atoms with Crippen LogP contribution in [0.25, 0.3) is 0 Å². The van der Waals surface area contributed by atoms with Crippen molar-refractivity contribution < 1.29 is 9.13 Å². The van der Waals surface area contributed by atoms with Gasteiger partial charge in [0.05, 0.1) is 23.4 Å². The Kier molecular flexibility index (Phi) is 5.03. The number of hydrogen-bond donors (Lipinski definition) is 1. The normalized spacial score (nSPS) is 12.9. The largest absolute Gasteiger partial charge is 0.383 e. The van der Waals surface area contributed by atoms with Crippen LogP contribution < -0.4 is 5.32 Å². The fraction of sp³-hybridized carbons (Fsp3) is 0.500. The van der Waals surface area contributed by atoms with Crippen LogP contribution in [0.4, 0.5) is 10.1 Å². The zero-order chi connectivity index (χ0) is 12.1. The molecule has 0 amide bonds. The van der Waals surface area contributed by atoms with Crippen molar-refractivity contribution in [1.82, 2.24) is 0 Å². The number of benzene rings is 1. The van der Waals surface area contributed by atoms with Crippen LogP contribution in [-0.2, 0) is 4.74 Å². The molecule has 0 saturated heterocycles. The van der Waals surface area contributed by atoms with E-state index >= 15 is 0 Å². The molecule has 1 atom stereocenters. The first-order valence-corrected chi connectivity index (χ1v) is 5.63. The summed E-state index contributed by atoms with van der Waals surface area (Å²) in [6.45, 7) is 4.64. The Morgan fingerprint density at radius 3 is 2.69 bits per heavy atom. The van der Waals surface area contributed by atoms with Gasteiger partial charge in [0.2, 0.25) is 0 Å². The highest BCUT2D eigenvalue weighted by Crippen LogP contribution is 2.23. The molecule has 1 aromatic rings. The van der Waals surface area contributed by atoms with Gasteiger partial charge in [-0.2, -0.15) is 0 Å². The molecular weight excluding hydrogens is 229 g/mol. The van der Waals surface area contributed by atoms with Crippen molar-refractivity contribution in [3.8, 4) is 0 Å². The third-order valence-corrected chi connectivity index (χ3v) is 2.74. The summed E-state index contributed by atoms with van der Waals surface area (Å²) in [4.78, 5) is 0. The fourth-order valence-electron chi connectivity index (χ4n) is 1.40. The smallest absolute Gasteiger partial charge is 0.164 e. The van der Waals surface area contributed by atoms with E-state index in [-0.39, 0.29) is 11.1 Å². The minimum Gasteiger partial charge on any atom is -0.383 e. The number of ether oxygens (including phenoxy) is 1. The summed E-state index contributed by atoms with van der Waals surface area (Å²) in [5, 5.41) is 3.23. The van der Waals surface area contributed by atoms with Gasteiger partial charge >= 0.3 is 0 Å². The molecule has 16 heavy (non-hydrogen) atoms. The van der Waals surface area contributed by atoms with Gasteiger partial charge in [-0.25, -0.2) is 4.39 Å². The molecule has 4 heteroatoms. The molecular formula is C12H17ClFNO. The maximum absolute atomic E-state index is 13.6. The molecule has 0 saturated carbocycles. The number of hydrogen-bond acceptors (Lipinski definition) is 2. The Morgan fingerprint density at radius 1 is 1.44 bits per heavy atom. The van der Waals surface area contributed by atoms with Crippen molar-refractivity contribution in [2.45, 2.75) is 19.9 Å². The molecule has 0 spiro atoms. The van der Waals surface area contributed by atoms with Crippen LogP contribution in [0.2, 0.25) is 5.02 Å². The highest BCUT2D eigenvalue weighted by atomic mass is 35.5. The first kappa shape index (κ1) is 13.3. The van der Waals surface area contributed by atoms with E-state index in [4.69, 9.17) is 16.3 Å². The summed E-state index contributed by atoms with van der Waals surface area (Å²) in [6, 6.07) is 4.99. The van der Waals surface area contributed by atoms with Crippen LogP contribution in [0, 0.1) is 11.7 Å². The molecule has 0 bridgehead atoms. The summed E-state index contributed by atoms with van der Waals surface area (Å²) in [7, 11) is 1.63. The maximum Gasteiger partial charge on any atom is 0.164 e. The van der Waals surface area contributed by atoms with Crippen LogP contribution in [0.3, 0.4) is 0 Å². The van der Waals surface area contributed by atoms with Gasteiger partial charge in [0.15, 0.2) is 5.82 Å². The number of halogens is 2. The van der Waals surface area contributed by atoms with Crippen LogP contribution in [0.5, 0.6) is 0 Å². The SMILES string of the molecule is COCC(Nc1cccc(Cl)c1F)C(C)C. The minimum atomic E-state index is -0.411. The Bertz CT molecular complexity index is 344. The summed E-state index contributed by atoms with van der Waals surface area (Å²) in [6.07, 6.45) is 0. The average Bonchev–Trinajstić information content (AvgIpc) is 2.23. The molecule has 0 aliphatic rings. The van der Waals surface area contributed by atoms with Gasteiger partial charge in [0.1, 0.15) is 0 Å². The lowest BCUT2D eigenvalue weighted by Crippen LogP contribution is -2.30. The molecule has 2 nitrogen and oxygen atoms in total. The van der Waals surface area contributed by atoms with Gasteiger partial charge in [-0.3, -0.25) is 0 Å². The Morgan fingerprint density at radius 2 is 2.12 bits per heavy atom. The van der Waals surface area contributed by atoms with Gasteiger partial charge in [0.25, 0.3) is 0 Å². The van der Waals surface area contributed by atoms with E-state index < -0.39 is 5.82 Å². The van der Waals surface area contributed by atoms with Gasteiger partial charge in [0, 0.05) is 7.11 Å². The molecule has 0 fully saturated rings. The maximum atomic E-state index is 13.6. The van der Waals surface area contributed by atoms with Crippen LogP contribution >= 0.6 is 11.6 Å². The number of rotatable bonds is 5. The molecule has 1 rings (SSSR count). The topological polar surface area (TPSA) is 21.3 Å². The number of nitrogens with one attached hydrogen (secondary N) is 1. The quantitative estimate of drug-likeness (QED) is 0.857. The van der Waals surface area contributed by atoms with Gasteiger partial charge in [-0.05, 0) is 18.1 Å². The molecule has 0 radical (unpaired) electrons. The Hall–Kier alpha value is -0.800. The second-order valence-corrected chi connectivity index (χ2v) is 4.46. The van der Waals surface area contributed by atoms with Crippen LogP contribution in [0.1, 0.15) is 13.8 Å². The Balaban J connectivity index is 2.81. The predicted octanol–water partition coefficient (Wildman–Crippen LogP) is 3.56. The van der Waals surface area contributed by atoms with Crippen molar-refractivity contribution >= 4 is 17.3 Å². The van der Waals surface area contributed by atoms with Crippen molar-refractivity contribution in [3.05, 3.63) is 29.0 Å². The Labute approximate surface area is 101 Å². The molecule has 0 aliphatic carbocycles. The third kappa shape index (κ3) is 3.35. The summed E-state index contributed by atoms with van der Waals surface area (Å²) in [5.41, 5.74) is 0.420. The lowest BCUT2D eigenvalue weighted by atomic mass is 10.1. The van der Waals surface area contributed by atoms with E-state index in [9.17, 15) is 4.39 Å². The van der Waals surface area contributed by atoms with E-state index in [1.165, 1.54) is 6.07 Å². The second-order valence-electron chi connectivity index (χ2n) is 4.05. The van der Waals surface area contributed by atoms with Gasteiger partial charge in [-0.1, -0.05) is 31.5 Å². The fourth-order valence-corrected chi connectivity index (χ4v) is 1.57.